The normalized spacial score (nSPS) is 30.0. The molecule has 4 amide bonds. The highest BCUT2D eigenvalue weighted by Gasteiger charge is 2.53. The molecule has 4 rings (SSSR count). The fraction of sp³-hybridized carbons (Fsp3) is 0.458. The maximum Gasteiger partial charge on any atom is 0.523 e. The Labute approximate surface area is 214 Å². The predicted molar refractivity (Wildman–Crippen MR) is 126 cm³/mol. The zero-order valence-electron chi connectivity index (χ0n) is 19.4. The summed E-state index contributed by atoms with van der Waals surface area (Å²) in [5, 5.41) is 3.42. The quantitative estimate of drug-likeness (QED) is 0.443. The Morgan fingerprint density at radius 2 is 1.89 bits per heavy atom. The summed E-state index contributed by atoms with van der Waals surface area (Å²) in [5.41, 5.74) is 3.41. The molecule has 1 saturated carbocycles. The van der Waals surface area contributed by atoms with Crippen molar-refractivity contribution in [3.05, 3.63) is 53.8 Å². The van der Waals surface area contributed by atoms with Gasteiger partial charge in [-0.15, -0.1) is 13.2 Å². The van der Waals surface area contributed by atoms with Gasteiger partial charge in [-0.25, -0.2) is 9.18 Å². The third kappa shape index (κ3) is 6.45. The summed E-state index contributed by atoms with van der Waals surface area (Å²) in [6.07, 6.45) is -3.25. The third-order valence-electron chi connectivity index (χ3n) is 6.59. The molecule has 8 nitrogen and oxygen atoms in total. The van der Waals surface area contributed by atoms with Crippen LogP contribution in [0.15, 0.2) is 48.2 Å². The fourth-order valence-corrected chi connectivity index (χ4v) is 5.79. The molecule has 37 heavy (non-hydrogen) atoms. The van der Waals surface area contributed by atoms with Crippen molar-refractivity contribution in [2.45, 2.75) is 61.6 Å². The average Bonchev–Trinajstić information content (AvgIpc) is 3.13. The van der Waals surface area contributed by atoms with Gasteiger partial charge in [0, 0.05) is 5.70 Å². The number of allylic oxidation sites excluding steroid dienone is 1. The first kappa shape index (κ1) is 27.0. The predicted octanol–water partition coefficient (Wildman–Crippen LogP) is 4.25. The van der Waals surface area contributed by atoms with E-state index < -0.39 is 40.6 Å². The van der Waals surface area contributed by atoms with E-state index in [1.54, 1.807) is 24.3 Å². The number of rotatable bonds is 7. The van der Waals surface area contributed by atoms with E-state index in [0.29, 0.717) is 18.6 Å². The summed E-state index contributed by atoms with van der Waals surface area (Å²) in [5.74, 6) is -0.665. The summed E-state index contributed by atoms with van der Waals surface area (Å²) >= 11 is 0.909. The number of hydrogen-bond donors (Lipinski definition) is 3. The first-order chi connectivity index (χ1) is 17.4. The minimum atomic E-state index is -5.09. The lowest BCUT2D eigenvalue weighted by molar-refractivity contribution is -0.373. The van der Waals surface area contributed by atoms with Crippen LogP contribution >= 0.6 is 11.8 Å². The fourth-order valence-electron chi connectivity index (χ4n) is 4.94. The molecule has 2 fully saturated rings. The Kier molecular flexibility index (Phi) is 7.83. The first-order valence-electron chi connectivity index (χ1n) is 11.6. The summed E-state index contributed by atoms with van der Waals surface area (Å²) < 4.78 is 65.8. The molecular weight excluding hydrogens is 518 g/mol. The number of alkyl halides is 4. The minimum absolute atomic E-state index is 0.0502. The molecular formula is C24H25F4N3O5S. The molecule has 2 unspecified atom stereocenters. The molecule has 1 aromatic carbocycles. The lowest BCUT2D eigenvalue weighted by Gasteiger charge is -2.44. The molecule has 2 aliphatic carbocycles. The number of imide groups is 1. The van der Waals surface area contributed by atoms with Crippen molar-refractivity contribution in [1.82, 2.24) is 10.6 Å². The van der Waals surface area contributed by atoms with Crippen molar-refractivity contribution in [2.75, 3.05) is 0 Å². The zero-order chi connectivity index (χ0) is 26.8. The van der Waals surface area contributed by atoms with E-state index in [4.69, 9.17) is 10.5 Å². The standard InChI is InChI=1S/C24H25F4N3O5S/c25-19-12-15(30-21(29)33)9-10-23(19,36-24(26,27)28)14-5-7-16(8-6-14)35-17-4-2-1-3-13(17)11-18-20(32)31-22(34)37-18/h1-4,9-10,12,14,16,18-19H,5-8,11H2,(H3,29,30,33)(H,31,32,34)/t14?,16?,18?,19?,23-/m0/s1. The van der Waals surface area contributed by atoms with Crippen LogP contribution in [-0.4, -0.2) is 46.7 Å². The molecule has 4 N–H and O–H groups in total. The van der Waals surface area contributed by atoms with Crippen LogP contribution < -0.4 is 21.1 Å². The van der Waals surface area contributed by atoms with Crippen molar-refractivity contribution in [1.29, 1.82) is 0 Å². The van der Waals surface area contributed by atoms with Crippen LogP contribution in [0.4, 0.5) is 27.2 Å². The highest BCUT2D eigenvalue weighted by molar-refractivity contribution is 8.15. The zero-order valence-corrected chi connectivity index (χ0v) is 20.2. The van der Waals surface area contributed by atoms with Gasteiger partial charge in [-0.3, -0.25) is 19.6 Å². The van der Waals surface area contributed by atoms with Crippen LogP contribution in [0.3, 0.4) is 0 Å². The van der Waals surface area contributed by atoms with Crippen LogP contribution in [0.1, 0.15) is 31.2 Å². The minimum Gasteiger partial charge on any atom is -0.490 e. The number of amides is 4. The molecule has 0 radical (unpaired) electrons. The number of halogens is 4. The molecule has 1 aromatic rings. The number of carbonyl (C=O) groups excluding carboxylic acids is 3. The molecule has 1 aliphatic heterocycles. The number of hydrogen-bond acceptors (Lipinski definition) is 6. The van der Waals surface area contributed by atoms with E-state index in [2.05, 4.69) is 15.4 Å². The maximum atomic E-state index is 15.2. The Balaban J connectivity index is 1.44. The monoisotopic (exact) mass is 543 g/mol. The highest BCUT2D eigenvalue weighted by atomic mass is 32.2. The van der Waals surface area contributed by atoms with Gasteiger partial charge in [0.05, 0.1) is 11.4 Å². The van der Waals surface area contributed by atoms with Crippen LogP contribution in [0, 0.1) is 5.92 Å². The highest BCUT2D eigenvalue weighted by Crippen LogP contribution is 2.45. The van der Waals surface area contributed by atoms with Crippen molar-refractivity contribution >= 4 is 28.9 Å². The molecule has 3 aliphatic rings. The van der Waals surface area contributed by atoms with Gasteiger partial charge in [-0.2, -0.15) is 0 Å². The van der Waals surface area contributed by atoms with Gasteiger partial charge in [-0.1, -0.05) is 30.0 Å². The smallest absolute Gasteiger partial charge is 0.490 e. The van der Waals surface area contributed by atoms with Crippen molar-refractivity contribution in [3.8, 4) is 5.75 Å². The Morgan fingerprint density at radius 3 is 2.49 bits per heavy atom. The lowest BCUT2D eigenvalue weighted by atomic mass is 9.72. The van der Waals surface area contributed by atoms with Crippen LogP contribution in [-0.2, 0) is 16.0 Å². The Morgan fingerprint density at radius 1 is 1.19 bits per heavy atom. The number of urea groups is 1. The second kappa shape index (κ2) is 10.7. The van der Waals surface area contributed by atoms with E-state index in [1.165, 1.54) is 0 Å². The summed E-state index contributed by atoms with van der Waals surface area (Å²) in [6.45, 7) is 0. The van der Waals surface area contributed by atoms with E-state index in [-0.39, 0.29) is 37.0 Å². The van der Waals surface area contributed by atoms with Gasteiger partial charge in [0.1, 0.15) is 11.4 Å². The van der Waals surface area contributed by atoms with E-state index in [9.17, 15) is 27.6 Å². The largest absolute Gasteiger partial charge is 0.523 e. The molecule has 0 bridgehead atoms. The van der Waals surface area contributed by atoms with Crippen LogP contribution in [0.5, 0.6) is 5.75 Å². The molecule has 3 atom stereocenters. The number of carbonyl (C=O) groups is 3. The van der Waals surface area contributed by atoms with Crippen molar-refractivity contribution in [2.24, 2.45) is 11.7 Å². The molecule has 0 aromatic heterocycles. The summed E-state index contributed by atoms with van der Waals surface area (Å²) in [7, 11) is 0. The molecule has 200 valence electrons. The van der Waals surface area contributed by atoms with Gasteiger partial charge in [0.2, 0.25) is 5.91 Å². The number of primary amides is 1. The number of nitrogens with two attached hydrogens (primary N) is 1. The van der Waals surface area contributed by atoms with E-state index in [1.807, 2.05) is 0 Å². The number of para-hydroxylation sites is 1. The van der Waals surface area contributed by atoms with Gasteiger partial charge >= 0.3 is 12.4 Å². The third-order valence-corrected chi connectivity index (χ3v) is 7.57. The molecule has 1 saturated heterocycles. The molecule has 1 heterocycles. The van der Waals surface area contributed by atoms with Crippen molar-refractivity contribution < 1.29 is 41.4 Å². The van der Waals surface area contributed by atoms with Crippen molar-refractivity contribution in [3.63, 3.8) is 0 Å². The van der Waals surface area contributed by atoms with Gasteiger partial charge < -0.3 is 15.8 Å². The first-order valence-corrected chi connectivity index (χ1v) is 12.5. The van der Waals surface area contributed by atoms with E-state index in [0.717, 1.165) is 35.6 Å². The van der Waals surface area contributed by atoms with E-state index >= 15 is 4.39 Å². The number of nitrogens with one attached hydrogen (secondary N) is 2. The second-order valence-corrected chi connectivity index (χ2v) is 10.2. The number of benzene rings is 1. The van der Waals surface area contributed by atoms with Gasteiger partial charge in [0.15, 0.2) is 6.17 Å². The lowest BCUT2D eigenvalue weighted by Crippen LogP contribution is -2.53. The second-order valence-electron chi connectivity index (χ2n) is 9.03. The Bertz CT molecular complexity index is 1120. The van der Waals surface area contributed by atoms with Gasteiger partial charge in [-0.05, 0) is 67.9 Å². The maximum absolute atomic E-state index is 15.2. The topological polar surface area (TPSA) is 120 Å². The number of ether oxygens (including phenoxy) is 2. The molecule has 13 heteroatoms. The SMILES string of the molecule is NC(=O)NC1=CC(F)[C@@](OC(F)(F)F)(C2CCC(Oc3ccccc3CC3SC(=O)NC3=O)CC2)C=C1. The summed E-state index contributed by atoms with van der Waals surface area (Å²) in [6, 6.07) is 6.09. The Hall–Kier alpha value is -3.06. The average molecular weight is 544 g/mol. The molecule has 0 spiro atoms. The van der Waals surface area contributed by atoms with Crippen LogP contribution in [0.25, 0.3) is 0 Å². The van der Waals surface area contributed by atoms with Crippen LogP contribution in [0.2, 0.25) is 0 Å². The number of thioether (sulfide) groups is 1. The summed E-state index contributed by atoms with van der Waals surface area (Å²) in [4.78, 5) is 34.5. The van der Waals surface area contributed by atoms with Gasteiger partial charge in [0.25, 0.3) is 5.24 Å².